The van der Waals surface area contributed by atoms with E-state index in [9.17, 15) is 9.36 Å². The Kier molecular flexibility index (Phi) is 6.64. The summed E-state index contributed by atoms with van der Waals surface area (Å²) in [5.74, 6) is -2.17. The number of halogens is 3. The minimum absolute atomic E-state index is 0.202. The van der Waals surface area contributed by atoms with E-state index in [0.717, 1.165) is 6.92 Å². The number of alkyl halides is 3. The first-order chi connectivity index (χ1) is 11.7. The molecule has 0 spiro atoms. The number of hydrogen-bond donors (Lipinski definition) is 0. The van der Waals surface area contributed by atoms with E-state index in [-0.39, 0.29) is 11.5 Å². The highest BCUT2D eigenvalue weighted by molar-refractivity contribution is 7.55. The zero-order chi connectivity index (χ0) is 18.5. The van der Waals surface area contributed by atoms with Crippen molar-refractivity contribution < 1.29 is 23.1 Å². The van der Waals surface area contributed by atoms with Crippen LogP contribution in [0.3, 0.4) is 0 Å². The fraction of sp³-hybridized carbons (Fsp3) is 0.188. The Morgan fingerprint density at radius 1 is 0.920 bits per heavy atom. The summed E-state index contributed by atoms with van der Waals surface area (Å²) in [7, 11) is -4.29. The highest BCUT2D eigenvalue weighted by Crippen LogP contribution is 2.59. The van der Waals surface area contributed by atoms with Crippen molar-refractivity contribution in [3.8, 4) is 11.5 Å². The fourth-order valence-corrected chi connectivity index (χ4v) is 4.74. The van der Waals surface area contributed by atoms with Crippen molar-refractivity contribution in [1.29, 1.82) is 0 Å². The molecule has 5 nitrogen and oxygen atoms in total. The first kappa shape index (κ1) is 19.9. The van der Waals surface area contributed by atoms with E-state index in [1.165, 1.54) is 0 Å². The molecule has 0 radical (unpaired) electrons. The molecule has 0 saturated heterocycles. The smallest absolute Gasteiger partial charge is 0.442 e. The van der Waals surface area contributed by atoms with Gasteiger partial charge in [0.15, 0.2) is 0 Å². The first-order valence-electron chi connectivity index (χ1n) is 7.04. The maximum atomic E-state index is 13.5. The van der Waals surface area contributed by atoms with Crippen LogP contribution in [0.5, 0.6) is 11.5 Å². The van der Waals surface area contributed by atoms with E-state index in [0.29, 0.717) is 0 Å². The number of para-hydroxylation sites is 2. The van der Waals surface area contributed by atoms with Crippen LogP contribution in [0.1, 0.15) is 6.92 Å². The highest BCUT2D eigenvalue weighted by Gasteiger charge is 2.54. The highest BCUT2D eigenvalue weighted by atomic mass is 35.6. The van der Waals surface area contributed by atoms with Crippen molar-refractivity contribution in [2.75, 3.05) is 0 Å². The van der Waals surface area contributed by atoms with Gasteiger partial charge >= 0.3 is 13.6 Å². The van der Waals surface area contributed by atoms with Gasteiger partial charge in [-0.25, -0.2) is 4.57 Å². The van der Waals surface area contributed by atoms with Gasteiger partial charge in [0.1, 0.15) is 11.5 Å². The molecular formula is C16H14Cl3O5P. The van der Waals surface area contributed by atoms with Crippen LogP contribution in [0.4, 0.5) is 0 Å². The van der Waals surface area contributed by atoms with Crippen molar-refractivity contribution in [3.63, 3.8) is 0 Å². The van der Waals surface area contributed by atoms with E-state index in [4.69, 9.17) is 48.6 Å². The second-order valence-corrected chi connectivity index (χ2v) is 9.13. The molecule has 2 rings (SSSR count). The minimum Gasteiger partial charge on any atom is -0.442 e. The SMILES string of the molecule is CC(=O)OC(C(Cl)(Cl)Cl)P(=O)(Oc1ccccc1)Oc1ccccc1. The number of ether oxygens (including phenoxy) is 1. The molecule has 0 aliphatic heterocycles. The fourth-order valence-electron chi connectivity index (χ4n) is 1.84. The van der Waals surface area contributed by atoms with Crippen LogP contribution in [0.2, 0.25) is 0 Å². The summed E-state index contributed by atoms with van der Waals surface area (Å²) in [4.78, 5) is 11.4. The van der Waals surface area contributed by atoms with E-state index in [2.05, 4.69) is 0 Å². The predicted molar refractivity (Wildman–Crippen MR) is 97.6 cm³/mol. The van der Waals surface area contributed by atoms with E-state index >= 15 is 0 Å². The third kappa shape index (κ3) is 5.82. The molecule has 0 aromatic heterocycles. The average molecular weight is 424 g/mol. The molecule has 2 aromatic carbocycles. The lowest BCUT2D eigenvalue weighted by Crippen LogP contribution is -2.34. The summed E-state index contributed by atoms with van der Waals surface area (Å²) in [6.07, 6.45) is 0. The van der Waals surface area contributed by atoms with Crippen molar-refractivity contribution in [2.45, 2.75) is 16.6 Å². The van der Waals surface area contributed by atoms with Crippen molar-refractivity contribution in [1.82, 2.24) is 0 Å². The van der Waals surface area contributed by atoms with Gasteiger partial charge in [-0.15, -0.1) is 0 Å². The number of hydrogen-bond acceptors (Lipinski definition) is 5. The summed E-state index contributed by atoms with van der Waals surface area (Å²) in [5, 5.41) is 0. The molecule has 0 aliphatic rings. The molecule has 1 unspecified atom stereocenters. The molecule has 1 atom stereocenters. The van der Waals surface area contributed by atoms with Crippen LogP contribution in [0, 0.1) is 0 Å². The Bertz CT molecular complexity index is 704. The molecule has 9 heteroatoms. The summed E-state index contributed by atoms with van der Waals surface area (Å²) in [6.45, 7) is 1.10. The average Bonchev–Trinajstić information content (AvgIpc) is 2.53. The van der Waals surface area contributed by atoms with Crippen molar-refractivity contribution in [3.05, 3.63) is 60.7 Å². The molecule has 25 heavy (non-hydrogen) atoms. The Morgan fingerprint density at radius 3 is 1.64 bits per heavy atom. The summed E-state index contributed by atoms with van der Waals surface area (Å²) < 4.78 is 27.2. The molecule has 0 bridgehead atoms. The zero-order valence-corrected chi connectivity index (χ0v) is 16.1. The number of carbonyl (C=O) groups is 1. The molecule has 2 aromatic rings. The standard InChI is InChI=1S/C16H14Cl3O5P/c1-12(20)22-15(16(17,18)19)25(21,23-13-8-4-2-5-9-13)24-14-10-6-3-7-11-14/h2-11,15H,1H3. The van der Waals surface area contributed by atoms with Gasteiger partial charge in [0.25, 0.3) is 5.85 Å². The van der Waals surface area contributed by atoms with Crippen LogP contribution in [-0.2, 0) is 14.1 Å². The normalized spacial score (nSPS) is 13.0. The molecule has 0 amide bonds. The number of esters is 1. The van der Waals surface area contributed by atoms with Gasteiger partial charge in [-0.1, -0.05) is 71.2 Å². The Morgan fingerprint density at radius 2 is 1.32 bits per heavy atom. The van der Waals surface area contributed by atoms with Gasteiger partial charge in [0.05, 0.1) is 0 Å². The topological polar surface area (TPSA) is 61.8 Å². The third-order valence-corrected chi connectivity index (χ3v) is 5.85. The summed E-state index contributed by atoms with van der Waals surface area (Å²) >= 11 is 17.6. The Labute approximate surface area is 160 Å². The van der Waals surface area contributed by atoms with Gasteiger partial charge in [-0.05, 0) is 24.3 Å². The van der Waals surface area contributed by atoms with Crippen molar-refractivity contribution in [2.24, 2.45) is 0 Å². The van der Waals surface area contributed by atoms with Crippen LogP contribution >= 0.6 is 42.4 Å². The molecule has 0 fully saturated rings. The lowest BCUT2D eigenvalue weighted by molar-refractivity contribution is -0.143. The molecule has 134 valence electrons. The molecule has 0 saturated carbocycles. The lowest BCUT2D eigenvalue weighted by atomic mass is 10.3. The second-order valence-electron chi connectivity index (χ2n) is 4.85. The Balaban J connectivity index is 2.45. The van der Waals surface area contributed by atoms with Gasteiger partial charge in [0.2, 0.25) is 3.79 Å². The largest absolute Gasteiger partial charge is 0.475 e. The van der Waals surface area contributed by atoms with E-state index in [1.807, 2.05) is 0 Å². The van der Waals surface area contributed by atoms with Crippen LogP contribution in [0.15, 0.2) is 60.7 Å². The number of carbonyl (C=O) groups excluding carboxylic acids is 1. The number of rotatable bonds is 6. The quantitative estimate of drug-likeness (QED) is 0.344. The van der Waals surface area contributed by atoms with E-state index < -0.39 is 23.2 Å². The Hall–Kier alpha value is -1.39. The van der Waals surface area contributed by atoms with Crippen LogP contribution < -0.4 is 9.05 Å². The lowest BCUT2D eigenvalue weighted by Gasteiger charge is -2.30. The molecule has 0 N–H and O–H groups in total. The van der Waals surface area contributed by atoms with Crippen LogP contribution in [0.25, 0.3) is 0 Å². The van der Waals surface area contributed by atoms with E-state index in [1.54, 1.807) is 60.7 Å². The molecule has 0 heterocycles. The summed E-state index contributed by atoms with van der Waals surface area (Å²) in [6, 6.07) is 16.3. The summed E-state index contributed by atoms with van der Waals surface area (Å²) in [5.41, 5.74) is 0. The predicted octanol–water partition coefficient (Wildman–Crippen LogP) is 5.60. The van der Waals surface area contributed by atoms with Crippen molar-refractivity contribution >= 4 is 48.4 Å². The van der Waals surface area contributed by atoms with Gasteiger partial charge in [-0.2, -0.15) is 0 Å². The maximum absolute atomic E-state index is 13.5. The van der Waals surface area contributed by atoms with Gasteiger partial charge in [0, 0.05) is 6.92 Å². The minimum atomic E-state index is -4.29. The zero-order valence-electron chi connectivity index (χ0n) is 13.0. The molecular weight excluding hydrogens is 410 g/mol. The number of benzene rings is 2. The van der Waals surface area contributed by atoms with Gasteiger partial charge in [-0.3, -0.25) is 4.79 Å². The third-order valence-electron chi connectivity index (χ3n) is 2.80. The van der Waals surface area contributed by atoms with Crippen LogP contribution in [-0.4, -0.2) is 15.6 Å². The van der Waals surface area contributed by atoms with Gasteiger partial charge < -0.3 is 13.8 Å². The maximum Gasteiger partial charge on any atom is 0.475 e. The second kappa shape index (κ2) is 8.33. The molecule has 0 aliphatic carbocycles. The first-order valence-corrected chi connectivity index (χ1v) is 9.78. The monoisotopic (exact) mass is 422 g/mol.